The minimum absolute atomic E-state index is 0.166. The van der Waals surface area contributed by atoms with Crippen LogP contribution in [0.1, 0.15) is 63.4 Å². The normalized spacial score (nSPS) is 14.4. The largest absolute Gasteiger partial charge is 0.433 e. The van der Waals surface area contributed by atoms with Gasteiger partial charge >= 0.3 is 27.1 Å². The number of furan rings is 2. The van der Waals surface area contributed by atoms with Gasteiger partial charge in [0.05, 0.1) is 12.1 Å². The van der Waals surface area contributed by atoms with E-state index in [1.165, 1.54) is 24.3 Å². The van der Waals surface area contributed by atoms with Crippen LogP contribution in [0.2, 0.25) is 0 Å². The van der Waals surface area contributed by atoms with Crippen molar-refractivity contribution in [2.75, 3.05) is 56.9 Å². The molecule has 0 spiro atoms. The van der Waals surface area contributed by atoms with E-state index in [-0.39, 0.29) is 55.5 Å². The maximum Gasteiger partial charge on any atom is 0.433 e. The Hall–Kier alpha value is -1.55. The lowest BCUT2D eigenvalue weighted by Gasteiger charge is -2.30. The number of hydrogen-bond donors (Lipinski definition) is 2. The first kappa shape index (κ1) is 42.6. The van der Waals surface area contributed by atoms with Crippen LogP contribution in [0.15, 0.2) is 33.1 Å². The number of nitrogens with zero attached hydrogens (tertiary/aromatic N) is 4. The molecule has 0 aliphatic carbocycles. The monoisotopic (exact) mass is 780 g/mol. The molecule has 0 fully saturated rings. The number of hydrogen-bond acceptors (Lipinski definition) is 10. The zero-order chi connectivity index (χ0) is 35.4. The highest BCUT2D eigenvalue weighted by Gasteiger charge is 2.33. The van der Waals surface area contributed by atoms with Crippen molar-refractivity contribution in [1.29, 1.82) is 0 Å². The van der Waals surface area contributed by atoms with Crippen molar-refractivity contribution in [3.63, 3.8) is 0 Å². The van der Waals surface area contributed by atoms with Gasteiger partial charge in [-0.2, -0.15) is 0 Å². The fourth-order valence-corrected chi connectivity index (χ4v) is 9.45. The van der Waals surface area contributed by atoms with Crippen molar-refractivity contribution in [1.82, 2.24) is 19.5 Å². The molecule has 2 unspecified atom stereocenters. The molecule has 2 aromatic heterocycles. The van der Waals surface area contributed by atoms with Gasteiger partial charge in [-0.15, -0.1) is 34.8 Å². The smallest absolute Gasteiger partial charge is 0.403 e. The molecule has 2 heterocycles. The average Bonchev–Trinajstić information content (AvgIpc) is 3.74. The van der Waals surface area contributed by atoms with Crippen LogP contribution in [0.4, 0.5) is 11.8 Å². The molecular weight excluding hydrogens is 737 g/mol. The van der Waals surface area contributed by atoms with E-state index in [1.807, 2.05) is 6.92 Å². The highest BCUT2D eigenvalue weighted by molar-refractivity contribution is 7.54. The summed E-state index contributed by atoms with van der Waals surface area (Å²) in [5.41, 5.74) is 0. The van der Waals surface area contributed by atoms with Crippen molar-refractivity contribution >= 4 is 61.9 Å². The van der Waals surface area contributed by atoms with Crippen LogP contribution in [-0.4, -0.2) is 76.1 Å². The number of nitrogens with one attached hydrogen (secondary N) is 2. The van der Waals surface area contributed by atoms with E-state index < -0.39 is 37.0 Å². The minimum Gasteiger partial charge on any atom is -0.403 e. The van der Waals surface area contributed by atoms with E-state index in [2.05, 4.69) is 10.2 Å². The standard InChI is InChI=1S/C27H45Cl3N6O10P2/c1-2-18-33(19-13-28)47(41,43-22-24-9-11-26(45-24)35(37)38)31-16-7-5-3-4-6-8-17-32-48(42,34(20-14-29)21-15-30)44-23-25-10-12-27(46-25)36(39)40/h9-12H,2-8,13-23H2,1H3,(H,31,41)(H,32,42). The van der Waals surface area contributed by atoms with E-state index in [1.54, 1.807) is 9.34 Å². The van der Waals surface area contributed by atoms with E-state index in [9.17, 15) is 29.4 Å². The summed E-state index contributed by atoms with van der Waals surface area (Å²) in [6, 6.07) is 5.24. The third-order valence-electron chi connectivity index (χ3n) is 6.90. The highest BCUT2D eigenvalue weighted by atomic mass is 35.5. The molecule has 0 aliphatic rings. The van der Waals surface area contributed by atoms with Gasteiger partial charge in [0.1, 0.15) is 34.6 Å². The molecule has 2 atom stereocenters. The third-order valence-corrected chi connectivity index (χ3v) is 11.9. The van der Waals surface area contributed by atoms with E-state index in [0.29, 0.717) is 32.6 Å². The van der Waals surface area contributed by atoms with Gasteiger partial charge in [0.25, 0.3) is 0 Å². The second-order valence-corrected chi connectivity index (χ2v) is 16.0. The lowest BCUT2D eigenvalue weighted by atomic mass is 10.1. The van der Waals surface area contributed by atoms with Crippen LogP contribution >= 0.6 is 50.1 Å². The predicted molar refractivity (Wildman–Crippen MR) is 185 cm³/mol. The van der Waals surface area contributed by atoms with Crippen LogP contribution < -0.4 is 10.2 Å². The highest BCUT2D eigenvalue weighted by Crippen LogP contribution is 2.48. The van der Waals surface area contributed by atoms with Gasteiger partial charge in [0, 0.05) is 56.9 Å². The Labute approximate surface area is 295 Å². The molecule has 0 aliphatic heterocycles. The third kappa shape index (κ3) is 14.7. The quantitative estimate of drug-likeness (QED) is 0.0266. The fraction of sp³-hybridized carbons (Fsp3) is 0.704. The molecule has 2 N–H and O–H groups in total. The first-order chi connectivity index (χ1) is 23.0. The Bertz CT molecular complexity index is 1230. The lowest BCUT2D eigenvalue weighted by Crippen LogP contribution is -2.33. The maximum atomic E-state index is 13.8. The molecule has 2 aromatic rings. The Morgan fingerprint density at radius 1 is 0.688 bits per heavy atom. The molecule has 48 heavy (non-hydrogen) atoms. The van der Waals surface area contributed by atoms with Crippen LogP contribution in [0, 0.1) is 20.2 Å². The first-order valence-corrected chi connectivity index (χ1v) is 20.4. The zero-order valence-electron chi connectivity index (χ0n) is 26.9. The molecule has 0 saturated heterocycles. The number of halogens is 3. The van der Waals surface area contributed by atoms with E-state index >= 15 is 0 Å². The second-order valence-electron chi connectivity index (χ2n) is 10.5. The lowest BCUT2D eigenvalue weighted by molar-refractivity contribution is -0.402. The summed E-state index contributed by atoms with van der Waals surface area (Å²) in [5, 5.41) is 27.9. The summed E-state index contributed by atoms with van der Waals surface area (Å²) in [5.74, 6) is 0.165. The predicted octanol–water partition coefficient (Wildman–Crippen LogP) is 7.89. The minimum atomic E-state index is -3.59. The van der Waals surface area contributed by atoms with E-state index in [0.717, 1.165) is 38.5 Å². The zero-order valence-corrected chi connectivity index (χ0v) is 31.0. The molecule has 21 heteroatoms. The van der Waals surface area contributed by atoms with Crippen molar-refractivity contribution < 1.29 is 36.9 Å². The van der Waals surface area contributed by atoms with E-state index in [4.69, 9.17) is 52.7 Å². The van der Waals surface area contributed by atoms with Gasteiger partial charge in [-0.25, -0.2) is 19.5 Å². The molecule has 0 aromatic carbocycles. The first-order valence-electron chi connectivity index (χ1n) is 15.7. The van der Waals surface area contributed by atoms with Gasteiger partial charge in [-0.3, -0.25) is 38.4 Å². The molecule has 16 nitrogen and oxygen atoms in total. The van der Waals surface area contributed by atoms with Crippen molar-refractivity contribution in [3.05, 3.63) is 56.0 Å². The average molecular weight is 782 g/mol. The number of alkyl halides is 3. The van der Waals surface area contributed by atoms with Gasteiger partial charge in [-0.05, 0) is 31.4 Å². The summed E-state index contributed by atoms with van der Waals surface area (Å²) in [6.07, 6.45) is 5.72. The van der Waals surface area contributed by atoms with Crippen LogP contribution in [0.25, 0.3) is 0 Å². The van der Waals surface area contributed by atoms with Crippen LogP contribution in [0.3, 0.4) is 0 Å². The van der Waals surface area contributed by atoms with Gasteiger partial charge < -0.3 is 8.83 Å². The number of unbranched alkanes of at least 4 members (excludes halogenated alkanes) is 5. The number of nitro groups is 2. The van der Waals surface area contributed by atoms with Crippen LogP contribution in [0.5, 0.6) is 0 Å². The summed E-state index contributed by atoms with van der Waals surface area (Å²) in [6.45, 7) is 3.68. The Morgan fingerprint density at radius 2 is 1.06 bits per heavy atom. The Balaban J connectivity index is 1.80. The molecule has 0 radical (unpaired) electrons. The van der Waals surface area contributed by atoms with Gasteiger partial charge in [-0.1, -0.05) is 32.6 Å². The fourth-order valence-electron chi connectivity index (χ4n) is 4.54. The molecular formula is C27H45Cl3N6O10P2. The summed E-state index contributed by atoms with van der Waals surface area (Å²) >= 11 is 17.8. The SMILES string of the molecule is CCCN(CCCl)P(=O)(NCCCCCCCCNP(=O)(OCc1ccc([N+](=O)[O-])o1)N(CCCl)CCCl)OCc1ccc([N+](=O)[O-])o1. The maximum absolute atomic E-state index is 13.8. The summed E-state index contributed by atoms with van der Waals surface area (Å²) < 4.78 is 52.6. The van der Waals surface area contributed by atoms with Crippen molar-refractivity contribution in [3.8, 4) is 0 Å². The Morgan fingerprint density at radius 3 is 1.40 bits per heavy atom. The topological polar surface area (TPSA) is 196 Å². The second kappa shape index (κ2) is 23.0. The van der Waals surface area contributed by atoms with Gasteiger partial charge in [0.2, 0.25) is 0 Å². The van der Waals surface area contributed by atoms with Crippen molar-refractivity contribution in [2.24, 2.45) is 0 Å². The number of rotatable bonds is 29. The molecule has 2 rings (SSSR count). The molecule has 0 amide bonds. The Kier molecular flexibility index (Phi) is 20.4. The molecule has 274 valence electrons. The summed E-state index contributed by atoms with van der Waals surface area (Å²) in [7, 11) is -7.10. The molecule has 0 bridgehead atoms. The van der Waals surface area contributed by atoms with Gasteiger partial charge in [0.15, 0.2) is 0 Å². The van der Waals surface area contributed by atoms with Crippen molar-refractivity contribution in [2.45, 2.75) is 65.1 Å². The molecule has 0 saturated carbocycles. The van der Waals surface area contributed by atoms with Crippen LogP contribution in [-0.2, 0) is 31.4 Å². The summed E-state index contributed by atoms with van der Waals surface area (Å²) in [4.78, 5) is 20.5.